The highest BCUT2D eigenvalue weighted by Gasteiger charge is 2.07. The normalized spacial score (nSPS) is 10.8. The highest BCUT2D eigenvalue weighted by molar-refractivity contribution is 6.32. The van der Waals surface area contributed by atoms with Crippen molar-refractivity contribution in [3.8, 4) is 0 Å². The van der Waals surface area contributed by atoms with E-state index in [1.54, 1.807) is 18.2 Å². The number of aliphatic hydroxyl groups is 1. The summed E-state index contributed by atoms with van der Waals surface area (Å²) in [6.45, 7) is 0.0705. The number of benzene rings is 1. The predicted molar refractivity (Wildman–Crippen MR) is 58.8 cm³/mol. The molecule has 0 radical (unpaired) electrons. The van der Waals surface area contributed by atoms with Gasteiger partial charge >= 0.3 is 0 Å². The second kappa shape index (κ2) is 5.48. The molecule has 0 aliphatic heterocycles. The Labute approximate surface area is 92.0 Å². The molecule has 4 nitrogen and oxygen atoms in total. The average Bonchev–Trinajstić information content (AvgIpc) is 2.20. The van der Waals surface area contributed by atoms with Gasteiger partial charge in [-0.25, -0.2) is 0 Å². The van der Waals surface area contributed by atoms with E-state index in [4.69, 9.17) is 16.7 Å². The Balaban J connectivity index is 2.88. The van der Waals surface area contributed by atoms with Crippen molar-refractivity contribution in [2.24, 2.45) is 0 Å². The van der Waals surface area contributed by atoms with Crippen LogP contribution in [0, 0.1) is 10.1 Å². The van der Waals surface area contributed by atoms with E-state index in [1.807, 2.05) is 0 Å². The minimum absolute atomic E-state index is 0.0284. The summed E-state index contributed by atoms with van der Waals surface area (Å²) in [7, 11) is 0. The van der Waals surface area contributed by atoms with E-state index in [0.29, 0.717) is 17.0 Å². The summed E-state index contributed by atoms with van der Waals surface area (Å²) in [5.74, 6) is 0. The minimum atomic E-state index is -0.493. The van der Waals surface area contributed by atoms with Gasteiger partial charge in [0.1, 0.15) is 0 Å². The molecule has 1 N–H and O–H groups in total. The maximum Gasteiger partial charge on any atom is 0.270 e. The van der Waals surface area contributed by atoms with Crippen molar-refractivity contribution in [2.45, 2.75) is 6.42 Å². The van der Waals surface area contributed by atoms with Crippen molar-refractivity contribution >= 4 is 23.4 Å². The zero-order valence-electron chi connectivity index (χ0n) is 7.89. The van der Waals surface area contributed by atoms with Crippen LogP contribution in [0.15, 0.2) is 24.3 Å². The molecule has 0 saturated carbocycles. The molecule has 5 heteroatoms. The maximum atomic E-state index is 10.4. The van der Waals surface area contributed by atoms with Crippen molar-refractivity contribution in [2.75, 3.05) is 6.61 Å². The maximum absolute atomic E-state index is 10.4. The fourth-order valence-corrected chi connectivity index (χ4v) is 1.29. The first-order valence-electron chi connectivity index (χ1n) is 4.36. The average molecular weight is 228 g/mol. The van der Waals surface area contributed by atoms with Gasteiger partial charge in [0.15, 0.2) is 0 Å². The SMILES string of the molecule is O=[N+]([O-])c1ccc(C=CCCO)c(Cl)c1. The topological polar surface area (TPSA) is 63.4 Å². The van der Waals surface area contributed by atoms with Gasteiger partial charge in [-0.1, -0.05) is 23.8 Å². The molecule has 0 atom stereocenters. The highest BCUT2D eigenvalue weighted by atomic mass is 35.5. The van der Waals surface area contributed by atoms with Gasteiger partial charge in [-0.3, -0.25) is 10.1 Å². The van der Waals surface area contributed by atoms with Crippen LogP contribution >= 0.6 is 11.6 Å². The lowest BCUT2D eigenvalue weighted by molar-refractivity contribution is -0.384. The molecule has 0 fully saturated rings. The molecule has 0 heterocycles. The number of non-ortho nitro benzene ring substituents is 1. The van der Waals surface area contributed by atoms with Crippen LogP contribution in [-0.4, -0.2) is 16.6 Å². The number of aliphatic hydroxyl groups excluding tert-OH is 1. The number of rotatable bonds is 4. The molecular weight excluding hydrogens is 218 g/mol. The Hall–Kier alpha value is -1.39. The molecule has 0 amide bonds. The largest absolute Gasteiger partial charge is 0.396 e. The van der Waals surface area contributed by atoms with Crippen molar-refractivity contribution in [1.82, 2.24) is 0 Å². The summed E-state index contributed by atoms with van der Waals surface area (Å²) in [6.07, 6.45) is 4.02. The first-order chi connectivity index (χ1) is 7.15. The number of nitro groups is 1. The van der Waals surface area contributed by atoms with E-state index in [9.17, 15) is 10.1 Å². The van der Waals surface area contributed by atoms with E-state index in [2.05, 4.69) is 0 Å². The first-order valence-corrected chi connectivity index (χ1v) is 4.74. The molecule has 0 aliphatic rings. The van der Waals surface area contributed by atoms with Gasteiger partial charge < -0.3 is 5.11 Å². The third kappa shape index (κ3) is 3.34. The molecular formula is C10H10ClNO3. The Bertz CT molecular complexity index is 390. The lowest BCUT2D eigenvalue weighted by Gasteiger charge is -1.97. The number of hydrogen-bond donors (Lipinski definition) is 1. The summed E-state index contributed by atoms with van der Waals surface area (Å²) in [5, 5.41) is 19.3. The van der Waals surface area contributed by atoms with Gasteiger partial charge in [0, 0.05) is 18.7 Å². The van der Waals surface area contributed by atoms with Crippen molar-refractivity contribution in [3.63, 3.8) is 0 Å². The van der Waals surface area contributed by atoms with Gasteiger partial charge in [-0.2, -0.15) is 0 Å². The molecule has 0 saturated heterocycles. The van der Waals surface area contributed by atoms with Crippen molar-refractivity contribution in [1.29, 1.82) is 0 Å². The molecule has 0 unspecified atom stereocenters. The number of nitro benzene ring substituents is 1. The molecule has 0 bridgehead atoms. The van der Waals surface area contributed by atoms with E-state index in [0.717, 1.165) is 0 Å². The Kier molecular flexibility index (Phi) is 4.27. The Morgan fingerprint density at radius 3 is 2.80 bits per heavy atom. The van der Waals surface area contributed by atoms with E-state index >= 15 is 0 Å². The van der Waals surface area contributed by atoms with Gasteiger partial charge in [0.05, 0.1) is 9.95 Å². The fraction of sp³-hybridized carbons (Fsp3) is 0.200. The zero-order valence-corrected chi connectivity index (χ0v) is 8.65. The number of halogens is 1. The van der Waals surface area contributed by atoms with E-state index < -0.39 is 4.92 Å². The van der Waals surface area contributed by atoms with Gasteiger partial charge in [-0.15, -0.1) is 0 Å². The fourth-order valence-electron chi connectivity index (χ4n) is 1.05. The van der Waals surface area contributed by atoms with Crippen LogP contribution in [0.5, 0.6) is 0 Å². The lowest BCUT2D eigenvalue weighted by atomic mass is 10.2. The molecule has 0 spiro atoms. The molecule has 15 heavy (non-hydrogen) atoms. The van der Waals surface area contributed by atoms with Gasteiger partial charge in [0.25, 0.3) is 5.69 Å². The monoisotopic (exact) mass is 227 g/mol. The van der Waals surface area contributed by atoms with E-state index in [-0.39, 0.29) is 12.3 Å². The highest BCUT2D eigenvalue weighted by Crippen LogP contribution is 2.23. The van der Waals surface area contributed by atoms with Crippen molar-refractivity contribution < 1.29 is 10.0 Å². The molecule has 80 valence electrons. The van der Waals surface area contributed by atoms with Crippen molar-refractivity contribution in [3.05, 3.63) is 45.0 Å². The van der Waals surface area contributed by atoms with Crippen LogP contribution in [0.25, 0.3) is 6.08 Å². The Morgan fingerprint density at radius 2 is 2.27 bits per heavy atom. The van der Waals surface area contributed by atoms with Gasteiger partial charge in [0.2, 0.25) is 0 Å². The summed E-state index contributed by atoms with van der Waals surface area (Å²) < 4.78 is 0. The molecule has 0 aliphatic carbocycles. The Morgan fingerprint density at radius 1 is 1.53 bits per heavy atom. The second-order valence-electron chi connectivity index (χ2n) is 2.88. The van der Waals surface area contributed by atoms with Crippen LogP contribution < -0.4 is 0 Å². The summed E-state index contributed by atoms with van der Waals surface area (Å²) in [5.41, 5.74) is 0.676. The smallest absolute Gasteiger partial charge is 0.270 e. The summed E-state index contributed by atoms with van der Waals surface area (Å²) >= 11 is 5.83. The zero-order chi connectivity index (χ0) is 11.3. The van der Waals surface area contributed by atoms with Crippen LogP contribution in [0.2, 0.25) is 5.02 Å². The van der Waals surface area contributed by atoms with E-state index in [1.165, 1.54) is 12.1 Å². The van der Waals surface area contributed by atoms with Gasteiger partial charge in [-0.05, 0) is 18.1 Å². The first kappa shape index (κ1) is 11.7. The quantitative estimate of drug-likeness (QED) is 0.635. The minimum Gasteiger partial charge on any atom is -0.396 e. The summed E-state index contributed by atoms with van der Waals surface area (Å²) in [4.78, 5) is 9.93. The number of nitrogens with zero attached hydrogens (tertiary/aromatic N) is 1. The second-order valence-corrected chi connectivity index (χ2v) is 3.28. The third-order valence-corrected chi connectivity index (χ3v) is 2.12. The predicted octanol–water partition coefficient (Wildman–Crippen LogP) is 2.64. The summed E-state index contributed by atoms with van der Waals surface area (Å²) in [6, 6.07) is 4.28. The number of hydrogen-bond acceptors (Lipinski definition) is 3. The van der Waals surface area contributed by atoms with Crippen LogP contribution in [0.3, 0.4) is 0 Å². The molecule has 1 rings (SSSR count). The van der Waals surface area contributed by atoms with Crippen LogP contribution in [-0.2, 0) is 0 Å². The molecule has 0 aromatic heterocycles. The lowest BCUT2D eigenvalue weighted by Crippen LogP contribution is -1.88. The standard InChI is InChI=1S/C10H10ClNO3/c11-10-7-9(12(14)15)5-4-8(10)3-1-2-6-13/h1,3-5,7,13H,2,6H2. The third-order valence-electron chi connectivity index (χ3n) is 1.79. The van der Waals surface area contributed by atoms with Crippen LogP contribution in [0.4, 0.5) is 5.69 Å². The molecule has 1 aromatic rings. The van der Waals surface area contributed by atoms with Crippen LogP contribution in [0.1, 0.15) is 12.0 Å². The molecule has 1 aromatic carbocycles.